The first-order valence-electron chi connectivity index (χ1n) is 6.63. The van der Waals surface area contributed by atoms with Crippen molar-refractivity contribution in [2.24, 2.45) is 11.7 Å². The van der Waals surface area contributed by atoms with Crippen LogP contribution in [-0.4, -0.2) is 30.6 Å². The van der Waals surface area contributed by atoms with Crippen LogP contribution in [0.2, 0.25) is 0 Å². The number of primary amides is 1. The van der Waals surface area contributed by atoms with Gasteiger partial charge in [-0.1, -0.05) is 18.2 Å². The molecular weight excluding hydrogens is 226 g/mol. The van der Waals surface area contributed by atoms with E-state index in [9.17, 15) is 4.79 Å². The molecule has 0 spiro atoms. The van der Waals surface area contributed by atoms with Crippen LogP contribution in [0, 0.1) is 5.92 Å². The smallest absolute Gasteiger partial charge is 0.314 e. The Bertz CT molecular complexity index is 452. The SMILES string of the molecule is NC(=O)N1CCC([C@H]2CNc3ccccc32)CC1. The predicted molar refractivity (Wildman–Crippen MR) is 71.6 cm³/mol. The van der Waals surface area contributed by atoms with Gasteiger partial charge in [-0.3, -0.25) is 0 Å². The van der Waals surface area contributed by atoms with Crippen LogP contribution in [0.1, 0.15) is 24.3 Å². The Morgan fingerprint density at radius 3 is 2.72 bits per heavy atom. The molecule has 96 valence electrons. The van der Waals surface area contributed by atoms with E-state index in [2.05, 4.69) is 29.6 Å². The van der Waals surface area contributed by atoms with E-state index >= 15 is 0 Å². The Hall–Kier alpha value is -1.71. The number of benzene rings is 1. The minimum Gasteiger partial charge on any atom is -0.384 e. The fourth-order valence-corrected chi connectivity index (χ4v) is 3.25. The number of carbonyl (C=O) groups excluding carboxylic acids is 1. The number of hydrogen-bond donors (Lipinski definition) is 2. The van der Waals surface area contributed by atoms with E-state index in [0.29, 0.717) is 11.8 Å². The molecule has 1 aromatic carbocycles. The number of nitrogens with zero attached hydrogens (tertiary/aromatic N) is 1. The normalized spacial score (nSPS) is 23.6. The summed E-state index contributed by atoms with van der Waals surface area (Å²) in [6, 6.07) is 8.27. The highest BCUT2D eigenvalue weighted by molar-refractivity contribution is 5.72. The maximum atomic E-state index is 11.1. The average Bonchev–Trinajstić information content (AvgIpc) is 2.82. The van der Waals surface area contributed by atoms with Gasteiger partial charge in [-0.2, -0.15) is 0 Å². The summed E-state index contributed by atoms with van der Waals surface area (Å²) in [4.78, 5) is 12.9. The molecule has 1 aromatic rings. The van der Waals surface area contributed by atoms with E-state index in [1.54, 1.807) is 4.90 Å². The lowest BCUT2D eigenvalue weighted by Crippen LogP contribution is -2.42. The van der Waals surface area contributed by atoms with Crippen LogP contribution in [0.4, 0.5) is 10.5 Å². The van der Waals surface area contributed by atoms with Crippen molar-refractivity contribution in [3.05, 3.63) is 29.8 Å². The first-order chi connectivity index (χ1) is 8.75. The Morgan fingerprint density at radius 1 is 1.28 bits per heavy atom. The van der Waals surface area contributed by atoms with Crippen LogP contribution in [0.5, 0.6) is 0 Å². The molecule has 2 aliphatic heterocycles. The Labute approximate surface area is 107 Å². The largest absolute Gasteiger partial charge is 0.384 e. The highest BCUT2D eigenvalue weighted by Gasteiger charge is 2.32. The van der Waals surface area contributed by atoms with Crippen LogP contribution < -0.4 is 11.1 Å². The lowest BCUT2D eigenvalue weighted by Gasteiger charge is -2.33. The Kier molecular flexibility index (Phi) is 2.86. The van der Waals surface area contributed by atoms with Gasteiger partial charge >= 0.3 is 6.03 Å². The number of nitrogens with one attached hydrogen (secondary N) is 1. The summed E-state index contributed by atoms with van der Waals surface area (Å²) in [6.45, 7) is 2.64. The summed E-state index contributed by atoms with van der Waals surface area (Å²) in [7, 11) is 0. The molecule has 0 radical (unpaired) electrons. The molecule has 1 saturated heterocycles. The maximum Gasteiger partial charge on any atom is 0.314 e. The second-order valence-corrected chi connectivity index (χ2v) is 5.24. The highest BCUT2D eigenvalue weighted by Crippen LogP contribution is 2.40. The molecule has 2 amide bonds. The van der Waals surface area contributed by atoms with E-state index in [-0.39, 0.29) is 6.03 Å². The van der Waals surface area contributed by atoms with Crippen molar-refractivity contribution >= 4 is 11.7 Å². The average molecular weight is 245 g/mol. The second kappa shape index (κ2) is 4.52. The molecule has 3 N–H and O–H groups in total. The van der Waals surface area contributed by atoms with Gasteiger partial charge in [0.15, 0.2) is 0 Å². The maximum absolute atomic E-state index is 11.1. The Balaban J connectivity index is 1.70. The third kappa shape index (κ3) is 1.92. The summed E-state index contributed by atoms with van der Waals surface area (Å²) in [5, 5.41) is 3.48. The van der Waals surface area contributed by atoms with Crippen molar-refractivity contribution in [2.75, 3.05) is 25.0 Å². The zero-order valence-corrected chi connectivity index (χ0v) is 10.4. The van der Waals surface area contributed by atoms with Gasteiger partial charge in [0.25, 0.3) is 0 Å². The molecule has 4 heteroatoms. The lowest BCUT2D eigenvalue weighted by molar-refractivity contribution is 0.172. The predicted octanol–water partition coefficient (Wildman–Crippen LogP) is 1.99. The first-order valence-corrected chi connectivity index (χ1v) is 6.63. The van der Waals surface area contributed by atoms with Crippen LogP contribution in [0.25, 0.3) is 0 Å². The van der Waals surface area contributed by atoms with E-state index in [1.165, 1.54) is 11.3 Å². The van der Waals surface area contributed by atoms with Crippen molar-refractivity contribution in [3.63, 3.8) is 0 Å². The molecule has 18 heavy (non-hydrogen) atoms. The molecule has 0 saturated carbocycles. The van der Waals surface area contributed by atoms with Gasteiger partial charge in [0, 0.05) is 31.2 Å². The van der Waals surface area contributed by atoms with E-state index < -0.39 is 0 Å². The topological polar surface area (TPSA) is 58.4 Å². The van der Waals surface area contributed by atoms with Crippen LogP contribution in [0.15, 0.2) is 24.3 Å². The molecule has 1 fully saturated rings. The minimum atomic E-state index is -0.279. The molecule has 0 aromatic heterocycles. The summed E-state index contributed by atoms with van der Waals surface area (Å²) < 4.78 is 0. The fourth-order valence-electron chi connectivity index (χ4n) is 3.25. The van der Waals surface area contributed by atoms with Gasteiger partial charge < -0.3 is 16.0 Å². The molecular formula is C14H19N3O. The molecule has 0 bridgehead atoms. The number of amides is 2. The number of piperidine rings is 1. The fraction of sp³-hybridized carbons (Fsp3) is 0.500. The highest BCUT2D eigenvalue weighted by atomic mass is 16.2. The zero-order chi connectivity index (χ0) is 12.5. The number of hydrogen-bond acceptors (Lipinski definition) is 2. The van der Waals surface area contributed by atoms with E-state index in [1.807, 2.05) is 0 Å². The number of anilines is 1. The lowest BCUT2D eigenvalue weighted by atomic mass is 9.81. The monoisotopic (exact) mass is 245 g/mol. The van der Waals surface area contributed by atoms with Gasteiger partial charge in [-0.15, -0.1) is 0 Å². The summed E-state index contributed by atoms with van der Waals surface area (Å²) in [5.41, 5.74) is 8.03. The van der Waals surface area contributed by atoms with Gasteiger partial charge in [-0.05, 0) is 30.4 Å². The van der Waals surface area contributed by atoms with Crippen molar-refractivity contribution in [3.8, 4) is 0 Å². The number of carbonyl (C=O) groups is 1. The third-order valence-corrected chi connectivity index (χ3v) is 4.29. The number of fused-ring (bicyclic) bond motifs is 1. The second-order valence-electron chi connectivity index (χ2n) is 5.24. The van der Waals surface area contributed by atoms with Gasteiger partial charge in [-0.25, -0.2) is 4.79 Å². The van der Waals surface area contributed by atoms with Crippen LogP contribution in [0.3, 0.4) is 0 Å². The van der Waals surface area contributed by atoms with Gasteiger partial charge in [0.05, 0.1) is 0 Å². The molecule has 0 aliphatic carbocycles. The number of rotatable bonds is 1. The van der Waals surface area contributed by atoms with Crippen LogP contribution in [-0.2, 0) is 0 Å². The minimum absolute atomic E-state index is 0.279. The van der Waals surface area contributed by atoms with E-state index in [0.717, 1.165) is 32.5 Å². The van der Waals surface area contributed by atoms with Crippen molar-refractivity contribution < 1.29 is 4.79 Å². The number of nitrogens with two attached hydrogens (primary N) is 1. The molecule has 0 unspecified atom stereocenters. The van der Waals surface area contributed by atoms with Crippen LogP contribution >= 0.6 is 0 Å². The quantitative estimate of drug-likeness (QED) is 0.795. The van der Waals surface area contributed by atoms with Crippen molar-refractivity contribution in [1.29, 1.82) is 0 Å². The molecule has 1 atom stereocenters. The van der Waals surface area contributed by atoms with Gasteiger partial charge in [0.2, 0.25) is 0 Å². The van der Waals surface area contributed by atoms with Crippen molar-refractivity contribution in [1.82, 2.24) is 4.90 Å². The Morgan fingerprint density at radius 2 is 2.00 bits per heavy atom. The summed E-state index contributed by atoms with van der Waals surface area (Å²) in [5.74, 6) is 1.26. The third-order valence-electron chi connectivity index (χ3n) is 4.29. The number of urea groups is 1. The summed E-state index contributed by atoms with van der Waals surface area (Å²) >= 11 is 0. The van der Waals surface area contributed by atoms with Crippen molar-refractivity contribution in [2.45, 2.75) is 18.8 Å². The standard InChI is InChI=1S/C14H19N3O/c15-14(18)17-7-5-10(6-8-17)12-9-16-13-4-2-1-3-11(12)13/h1-4,10,12,16H,5-9H2,(H2,15,18)/t12-/m1/s1. The van der Waals surface area contributed by atoms with E-state index in [4.69, 9.17) is 5.73 Å². The van der Waals surface area contributed by atoms with Gasteiger partial charge in [0.1, 0.15) is 0 Å². The molecule has 4 nitrogen and oxygen atoms in total. The number of likely N-dealkylation sites (tertiary alicyclic amines) is 1. The summed E-state index contributed by atoms with van der Waals surface area (Å²) in [6.07, 6.45) is 2.12. The number of para-hydroxylation sites is 1. The first kappa shape index (κ1) is 11.4. The molecule has 3 rings (SSSR count). The molecule has 2 aliphatic rings. The zero-order valence-electron chi connectivity index (χ0n) is 10.4. The molecule has 2 heterocycles.